The summed E-state index contributed by atoms with van der Waals surface area (Å²) in [6.45, 7) is 3.91. The highest BCUT2D eigenvalue weighted by atomic mass is 32.2. The second-order valence-electron chi connectivity index (χ2n) is 7.86. The molecule has 6 atom stereocenters. The van der Waals surface area contributed by atoms with E-state index in [2.05, 4.69) is 70.6 Å². The zero-order valence-electron chi connectivity index (χ0n) is 17.4. The molecule has 0 aliphatic carbocycles. The number of epoxide rings is 4. The maximum Gasteiger partial charge on any atom is 0.0900 e. The van der Waals surface area contributed by atoms with Gasteiger partial charge in [0.15, 0.2) is 0 Å². The molecule has 4 saturated heterocycles. The van der Waals surface area contributed by atoms with Gasteiger partial charge < -0.3 is 18.9 Å². The summed E-state index contributed by atoms with van der Waals surface area (Å²) in [5, 5.41) is 1.45. The predicted octanol–water partition coefficient (Wildman–Crippen LogP) is 3.72. The first-order chi connectivity index (χ1) is 14.9. The third-order valence-corrected chi connectivity index (χ3v) is 13.4. The Morgan fingerprint density at radius 3 is 1.17 bits per heavy atom. The highest BCUT2D eigenvalue weighted by molar-refractivity contribution is 8.08. The van der Waals surface area contributed by atoms with E-state index in [0.29, 0.717) is 24.4 Å². The maximum absolute atomic E-state index is 5.43. The molecular weight excluding hydrogens is 497 g/mol. The van der Waals surface area contributed by atoms with Crippen molar-refractivity contribution in [2.75, 3.05) is 84.0 Å². The van der Waals surface area contributed by atoms with Crippen LogP contribution in [0.3, 0.4) is 0 Å². The van der Waals surface area contributed by atoms with Crippen LogP contribution in [0.1, 0.15) is 0 Å². The minimum atomic E-state index is 0.531. The summed E-state index contributed by atoms with van der Waals surface area (Å²) in [7, 11) is 0. The van der Waals surface area contributed by atoms with Gasteiger partial charge in [-0.05, 0) is 0 Å². The Hall–Kier alpha value is 1.94. The van der Waals surface area contributed by atoms with Crippen LogP contribution in [0.4, 0.5) is 0 Å². The Labute approximate surface area is 207 Å². The van der Waals surface area contributed by atoms with Crippen molar-refractivity contribution < 1.29 is 18.9 Å². The summed E-state index contributed by atoms with van der Waals surface area (Å²) in [5.74, 6) is 12.2. The Balaban J connectivity index is 1.18. The first kappa shape index (κ1) is 25.0. The molecule has 174 valence electrons. The quantitative estimate of drug-likeness (QED) is 0.162. The minimum Gasteiger partial charge on any atom is -0.372 e. The van der Waals surface area contributed by atoms with Gasteiger partial charge in [-0.25, -0.2) is 0 Å². The molecule has 0 aromatic carbocycles. The lowest BCUT2D eigenvalue weighted by Gasteiger charge is -2.26. The first-order valence-electron chi connectivity index (χ1n) is 10.9. The second-order valence-corrected chi connectivity index (χ2v) is 15.0. The molecule has 0 N–H and O–H groups in total. The molecule has 0 aromatic heterocycles. The van der Waals surface area contributed by atoms with Gasteiger partial charge >= 0.3 is 0 Å². The van der Waals surface area contributed by atoms with Crippen LogP contribution in [0.15, 0.2) is 0 Å². The monoisotopic (exact) mass is 530 g/mol. The maximum atomic E-state index is 5.43. The minimum absolute atomic E-state index is 0.531. The van der Waals surface area contributed by atoms with Crippen molar-refractivity contribution >= 4 is 70.6 Å². The van der Waals surface area contributed by atoms with Crippen molar-refractivity contribution in [2.24, 2.45) is 0 Å². The van der Waals surface area contributed by atoms with Crippen LogP contribution in [0.2, 0.25) is 0 Å². The Bertz CT molecular complexity index is 432. The summed E-state index contributed by atoms with van der Waals surface area (Å²) in [6.07, 6.45) is 2.16. The Kier molecular flexibility index (Phi) is 12.0. The molecule has 0 saturated carbocycles. The Morgan fingerprint density at radius 1 is 0.500 bits per heavy atom. The van der Waals surface area contributed by atoms with Gasteiger partial charge in [-0.15, -0.1) is 0 Å². The van der Waals surface area contributed by atoms with Crippen molar-refractivity contribution in [2.45, 2.75) is 34.9 Å². The van der Waals surface area contributed by atoms with Crippen LogP contribution < -0.4 is 0 Å². The van der Waals surface area contributed by atoms with Crippen LogP contribution >= 0.6 is 70.6 Å². The summed E-state index contributed by atoms with van der Waals surface area (Å²) in [5.41, 5.74) is 0. The van der Waals surface area contributed by atoms with Crippen LogP contribution in [0.5, 0.6) is 0 Å². The van der Waals surface area contributed by atoms with Crippen LogP contribution in [0.25, 0.3) is 0 Å². The second kappa shape index (κ2) is 14.4. The lowest BCUT2D eigenvalue weighted by Crippen LogP contribution is -2.27. The summed E-state index contributed by atoms with van der Waals surface area (Å²) in [6, 6.07) is 0. The lowest BCUT2D eigenvalue weighted by molar-refractivity contribution is 0.426. The van der Waals surface area contributed by atoms with E-state index < -0.39 is 0 Å². The highest BCUT2D eigenvalue weighted by Crippen LogP contribution is 2.33. The lowest BCUT2D eigenvalue weighted by atomic mass is 10.3. The standard InChI is InChI=1S/C20H34O4S6/c1(25-9-15-5-21-15)3-29-19(13-27-11-17-7-23-17)20(14-28-12-18-8-24-18)30-4-2-26-10-16-6-22-16/h15-20H,1-14H2. The van der Waals surface area contributed by atoms with Gasteiger partial charge in [0.2, 0.25) is 0 Å². The van der Waals surface area contributed by atoms with E-state index in [0.717, 1.165) is 36.9 Å². The van der Waals surface area contributed by atoms with Crippen molar-refractivity contribution in [1.29, 1.82) is 0 Å². The predicted molar refractivity (Wildman–Crippen MR) is 141 cm³/mol. The molecule has 4 heterocycles. The van der Waals surface area contributed by atoms with E-state index in [-0.39, 0.29) is 0 Å². The molecule has 4 nitrogen and oxygen atoms in total. The fraction of sp³-hybridized carbons (Fsp3) is 1.00. The number of ether oxygens (including phenoxy) is 4. The van der Waals surface area contributed by atoms with E-state index in [4.69, 9.17) is 18.9 Å². The van der Waals surface area contributed by atoms with E-state index in [1.807, 2.05) is 0 Å². The van der Waals surface area contributed by atoms with Crippen molar-refractivity contribution in [3.8, 4) is 0 Å². The molecule has 30 heavy (non-hydrogen) atoms. The highest BCUT2D eigenvalue weighted by Gasteiger charge is 2.28. The summed E-state index contributed by atoms with van der Waals surface area (Å²) >= 11 is 12.8. The van der Waals surface area contributed by atoms with Gasteiger partial charge in [0.25, 0.3) is 0 Å². The van der Waals surface area contributed by atoms with E-state index in [1.54, 1.807) is 0 Å². The Morgan fingerprint density at radius 2 is 0.833 bits per heavy atom. The average Bonchev–Trinajstić information content (AvgIpc) is 3.55. The number of thioether (sulfide) groups is 6. The summed E-state index contributed by atoms with van der Waals surface area (Å²) in [4.78, 5) is 0. The van der Waals surface area contributed by atoms with Gasteiger partial charge in [0.1, 0.15) is 0 Å². The molecule has 4 aliphatic rings. The normalized spacial score (nSPS) is 30.8. The number of hydrogen-bond donors (Lipinski definition) is 0. The van der Waals surface area contributed by atoms with Crippen molar-refractivity contribution in [3.63, 3.8) is 0 Å². The molecule has 0 amide bonds. The van der Waals surface area contributed by atoms with Crippen LogP contribution in [-0.4, -0.2) is 119 Å². The topological polar surface area (TPSA) is 50.1 Å². The van der Waals surface area contributed by atoms with Crippen molar-refractivity contribution in [3.05, 3.63) is 0 Å². The third-order valence-electron chi connectivity index (χ3n) is 4.92. The molecule has 6 unspecified atom stereocenters. The number of rotatable bonds is 21. The molecule has 0 bridgehead atoms. The third kappa shape index (κ3) is 11.9. The smallest absolute Gasteiger partial charge is 0.0900 e. The van der Waals surface area contributed by atoms with Gasteiger partial charge in [0.05, 0.1) is 50.8 Å². The zero-order valence-corrected chi connectivity index (χ0v) is 22.3. The molecule has 0 spiro atoms. The van der Waals surface area contributed by atoms with E-state index >= 15 is 0 Å². The molecule has 4 rings (SSSR count). The van der Waals surface area contributed by atoms with Crippen LogP contribution in [-0.2, 0) is 18.9 Å². The molecule has 4 aliphatic heterocycles. The van der Waals surface area contributed by atoms with Gasteiger partial charge in [-0.1, -0.05) is 0 Å². The van der Waals surface area contributed by atoms with Gasteiger partial charge in [0, 0.05) is 68.0 Å². The average molecular weight is 531 g/mol. The number of hydrogen-bond acceptors (Lipinski definition) is 10. The van der Waals surface area contributed by atoms with Gasteiger partial charge in [-0.3, -0.25) is 0 Å². The largest absolute Gasteiger partial charge is 0.372 e. The molecule has 10 heteroatoms. The fourth-order valence-electron chi connectivity index (χ4n) is 2.76. The fourth-order valence-corrected chi connectivity index (χ4v) is 11.1. The zero-order chi connectivity index (χ0) is 20.4. The molecule has 0 radical (unpaired) electrons. The SMILES string of the molecule is C(CSC(CSCC1CO1)C(CSCC1CO1)SCCSCC1CO1)SCC1CO1. The first-order valence-corrected chi connectivity index (χ1v) is 17.6. The molecule has 0 aromatic rings. The van der Waals surface area contributed by atoms with Gasteiger partial charge in [-0.2, -0.15) is 70.6 Å². The molecular formula is C20H34O4S6. The summed E-state index contributed by atoms with van der Waals surface area (Å²) < 4.78 is 21.5. The van der Waals surface area contributed by atoms with E-state index in [1.165, 1.54) is 57.5 Å². The van der Waals surface area contributed by atoms with Crippen molar-refractivity contribution in [1.82, 2.24) is 0 Å². The molecule has 4 fully saturated rings. The van der Waals surface area contributed by atoms with E-state index in [9.17, 15) is 0 Å². The van der Waals surface area contributed by atoms with Crippen LogP contribution in [0, 0.1) is 0 Å².